The average Bonchev–Trinajstić information content (AvgIpc) is 2.20. The van der Waals surface area contributed by atoms with E-state index in [-0.39, 0.29) is 5.56 Å². The normalized spacial score (nSPS) is 27.5. The molecule has 1 aromatic heterocycles. The number of rotatable bonds is 1. The number of H-pyrrole nitrogens is 1. The first-order valence-electron chi connectivity index (χ1n) is 5.31. The maximum absolute atomic E-state index is 11.5. The van der Waals surface area contributed by atoms with E-state index in [4.69, 9.17) is 0 Å². The van der Waals surface area contributed by atoms with Crippen molar-refractivity contribution in [2.24, 2.45) is 5.92 Å². The van der Waals surface area contributed by atoms with Gasteiger partial charge in [0.05, 0.1) is 0 Å². The van der Waals surface area contributed by atoms with Crippen molar-refractivity contribution < 1.29 is 0 Å². The van der Waals surface area contributed by atoms with Gasteiger partial charge in [-0.15, -0.1) is 0 Å². The summed E-state index contributed by atoms with van der Waals surface area (Å²) in [5.74, 6) is 1.20. The van der Waals surface area contributed by atoms with Crippen molar-refractivity contribution in [3.05, 3.63) is 28.4 Å². The van der Waals surface area contributed by atoms with Crippen molar-refractivity contribution in [3.8, 4) is 0 Å². The fourth-order valence-corrected chi connectivity index (χ4v) is 2.19. The highest BCUT2D eigenvalue weighted by atomic mass is 16.1. The van der Waals surface area contributed by atoms with Crippen LogP contribution in [0.4, 0.5) is 0 Å². The highest BCUT2D eigenvalue weighted by Crippen LogP contribution is 2.32. The highest BCUT2D eigenvalue weighted by Gasteiger charge is 2.22. The highest BCUT2D eigenvalue weighted by molar-refractivity contribution is 5.05. The molecule has 76 valence electrons. The third-order valence-corrected chi connectivity index (χ3v) is 3.14. The van der Waals surface area contributed by atoms with Crippen LogP contribution in [0.2, 0.25) is 0 Å². The van der Waals surface area contributed by atoms with Crippen molar-refractivity contribution in [3.63, 3.8) is 0 Å². The first-order chi connectivity index (χ1) is 6.77. The molecule has 1 aliphatic carbocycles. The minimum atomic E-state index is -0.00736. The van der Waals surface area contributed by atoms with Crippen LogP contribution >= 0.6 is 0 Å². The monoisotopic (exact) mass is 192 g/mol. The van der Waals surface area contributed by atoms with Gasteiger partial charge >= 0.3 is 0 Å². The van der Waals surface area contributed by atoms with E-state index in [0.717, 1.165) is 24.5 Å². The van der Waals surface area contributed by atoms with E-state index in [0.29, 0.717) is 5.92 Å². The molecule has 3 nitrogen and oxygen atoms in total. The van der Waals surface area contributed by atoms with Gasteiger partial charge in [0.1, 0.15) is 5.69 Å². The molecule has 1 saturated carbocycles. The molecule has 0 saturated heterocycles. The largest absolute Gasteiger partial charge is 0.326 e. The zero-order valence-corrected chi connectivity index (χ0v) is 8.49. The number of nitrogens with zero attached hydrogens (tertiary/aromatic N) is 1. The standard InChI is InChI=1S/C11H16N2O/c1-8-2-4-9(5-3-8)10-11(14)13-7-6-12-10/h6-9H,2-5H2,1H3,(H,13,14). The lowest BCUT2D eigenvalue weighted by atomic mass is 9.81. The second-order valence-corrected chi connectivity index (χ2v) is 4.26. The quantitative estimate of drug-likeness (QED) is 0.740. The van der Waals surface area contributed by atoms with E-state index in [1.807, 2.05) is 0 Å². The smallest absolute Gasteiger partial charge is 0.269 e. The molecule has 1 fully saturated rings. The number of aromatic amines is 1. The predicted molar refractivity (Wildman–Crippen MR) is 55.2 cm³/mol. The Balaban J connectivity index is 2.16. The van der Waals surface area contributed by atoms with Gasteiger partial charge in [-0.3, -0.25) is 9.78 Å². The number of hydrogen-bond donors (Lipinski definition) is 1. The summed E-state index contributed by atoms with van der Waals surface area (Å²) in [6, 6.07) is 0. The molecule has 1 aliphatic rings. The Hall–Kier alpha value is -1.12. The van der Waals surface area contributed by atoms with Crippen LogP contribution in [-0.2, 0) is 0 Å². The van der Waals surface area contributed by atoms with E-state index < -0.39 is 0 Å². The lowest BCUT2D eigenvalue weighted by Gasteiger charge is -2.24. The zero-order chi connectivity index (χ0) is 9.97. The molecule has 1 aromatic rings. The van der Waals surface area contributed by atoms with E-state index in [1.54, 1.807) is 12.4 Å². The first-order valence-corrected chi connectivity index (χ1v) is 5.31. The molecule has 0 aromatic carbocycles. The molecule has 14 heavy (non-hydrogen) atoms. The minimum Gasteiger partial charge on any atom is -0.326 e. The van der Waals surface area contributed by atoms with Gasteiger partial charge in [0, 0.05) is 18.3 Å². The third-order valence-electron chi connectivity index (χ3n) is 3.14. The molecule has 1 heterocycles. The molecule has 0 bridgehead atoms. The van der Waals surface area contributed by atoms with Gasteiger partial charge in [-0.25, -0.2) is 0 Å². The second-order valence-electron chi connectivity index (χ2n) is 4.26. The molecule has 1 N–H and O–H groups in total. The number of hydrogen-bond acceptors (Lipinski definition) is 2. The maximum atomic E-state index is 11.5. The van der Waals surface area contributed by atoms with Crippen LogP contribution in [0.5, 0.6) is 0 Å². The van der Waals surface area contributed by atoms with Crippen molar-refractivity contribution in [2.75, 3.05) is 0 Å². The van der Waals surface area contributed by atoms with Gasteiger partial charge in [-0.2, -0.15) is 0 Å². The van der Waals surface area contributed by atoms with Crippen molar-refractivity contribution in [1.82, 2.24) is 9.97 Å². The fourth-order valence-electron chi connectivity index (χ4n) is 2.19. The molecular weight excluding hydrogens is 176 g/mol. The zero-order valence-electron chi connectivity index (χ0n) is 8.49. The second kappa shape index (κ2) is 3.95. The van der Waals surface area contributed by atoms with Crippen LogP contribution in [-0.4, -0.2) is 9.97 Å². The Bertz CT molecular complexity index is 350. The van der Waals surface area contributed by atoms with Crippen molar-refractivity contribution in [2.45, 2.75) is 38.5 Å². The molecule has 0 unspecified atom stereocenters. The lowest BCUT2D eigenvalue weighted by molar-refractivity contribution is 0.342. The molecule has 0 aliphatic heterocycles. The Morgan fingerprint density at radius 3 is 2.71 bits per heavy atom. The Morgan fingerprint density at radius 2 is 2.07 bits per heavy atom. The molecule has 0 radical (unpaired) electrons. The van der Waals surface area contributed by atoms with Gasteiger partial charge in [-0.05, 0) is 18.8 Å². The first kappa shape index (κ1) is 9.44. The predicted octanol–water partition coefficient (Wildman–Crippen LogP) is 2.06. The molecule has 2 rings (SSSR count). The van der Waals surface area contributed by atoms with Crippen LogP contribution in [0.3, 0.4) is 0 Å². The molecular formula is C11H16N2O. The van der Waals surface area contributed by atoms with Crippen LogP contribution in [0.25, 0.3) is 0 Å². The third kappa shape index (κ3) is 1.86. The van der Waals surface area contributed by atoms with Crippen LogP contribution in [0.15, 0.2) is 17.2 Å². The molecule has 0 atom stereocenters. The van der Waals surface area contributed by atoms with Gasteiger partial charge in [0.2, 0.25) is 0 Å². The van der Waals surface area contributed by atoms with E-state index >= 15 is 0 Å². The van der Waals surface area contributed by atoms with Gasteiger partial charge in [0.15, 0.2) is 0 Å². The number of nitrogens with one attached hydrogen (secondary N) is 1. The van der Waals surface area contributed by atoms with Gasteiger partial charge in [0.25, 0.3) is 5.56 Å². The van der Waals surface area contributed by atoms with E-state index in [1.165, 1.54) is 12.8 Å². The van der Waals surface area contributed by atoms with Crippen LogP contribution in [0.1, 0.15) is 44.2 Å². The molecule has 0 spiro atoms. The van der Waals surface area contributed by atoms with Crippen LogP contribution in [0, 0.1) is 5.92 Å². The summed E-state index contributed by atoms with van der Waals surface area (Å²) in [4.78, 5) is 18.4. The Morgan fingerprint density at radius 1 is 1.36 bits per heavy atom. The van der Waals surface area contributed by atoms with Crippen LogP contribution < -0.4 is 5.56 Å². The summed E-state index contributed by atoms with van der Waals surface area (Å²) < 4.78 is 0. The van der Waals surface area contributed by atoms with Crippen molar-refractivity contribution >= 4 is 0 Å². The summed E-state index contributed by atoms with van der Waals surface area (Å²) in [5.41, 5.74) is 0.728. The SMILES string of the molecule is CC1CCC(c2ncc[nH]c2=O)CC1. The summed E-state index contributed by atoms with van der Waals surface area (Å²) >= 11 is 0. The minimum absolute atomic E-state index is 0.00736. The summed E-state index contributed by atoms with van der Waals surface area (Å²) in [6.07, 6.45) is 7.94. The summed E-state index contributed by atoms with van der Waals surface area (Å²) in [5, 5.41) is 0. The lowest BCUT2D eigenvalue weighted by Crippen LogP contribution is -2.21. The Kier molecular flexibility index (Phi) is 2.66. The fraction of sp³-hybridized carbons (Fsp3) is 0.636. The van der Waals surface area contributed by atoms with Gasteiger partial charge in [-0.1, -0.05) is 19.8 Å². The maximum Gasteiger partial charge on any atom is 0.269 e. The van der Waals surface area contributed by atoms with E-state index in [9.17, 15) is 4.79 Å². The summed E-state index contributed by atoms with van der Waals surface area (Å²) in [7, 11) is 0. The number of aromatic nitrogens is 2. The van der Waals surface area contributed by atoms with Crippen molar-refractivity contribution in [1.29, 1.82) is 0 Å². The molecule has 3 heteroatoms. The molecule has 0 amide bonds. The summed E-state index contributed by atoms with van der Waals surface area (Å²) in [6.45, 7) is 2.28. The van der Waals surface area contributed by atoms with E-state index in [2.05, 4.69) is 16.9 Å². The average molecular weight is 192 g/mol. The Labute approximate surface area is 83.6 Å². The van der Waals surface area contributed by atoms with Gasteiger partial charge < -0.3 is 4.98 Å². The topological polar surface area (TPSA) is 45.8 Å².